The summed E-state index contributed by atoms with van der Waals surface area (Å²) in [5.74, 6) is -1.23. The highest BCUT2D eigenvalue weighted by atomic mass is 31.3. The Kier molecular flexibility index (Phi) is 7.60. The number of aliphatic hydroxyl groups is 4. The van der Waals surface area contributed by atoms with E-state index in [2.05, 4.69) is 8.83 Å². The first-order valence-electron chi connectivity index (χ1n) is 4.81. The normalized spacial score (nSPS) is 19.9. The van der Waals surface area contributed by atoms with Crippen molar-refractivity contribution < 1.29 is 57.9 Å². The predicted octanol–water partition coefficient (Wildman–Crippen LogP) is -3.14. The van der Waals surface area contributed by atoms with Gasteiger partial charge >= 0.3 is 15.6 Å². The molecule has 0 aliphatic rings. The Bertz CT molecular complexity index is 416. The van der Waals surface area contributed by atoms with Gasteiger partial charge in [-0.05, 0) is 0 Å². The zero-order valence-electron chi connectivity index (χ0n) is 9.71. The number of phosphoric acid groups is 2. The summed E-state index contributed by atoms with van der Waals surface area (Å²) in [6.07, 6.45) is -6.41. The fraction of sp³-hybridized carbons (Fsp3) is 0.833. The average molecular weight is 340 g/mol. The van der Waals surface area contributed by atoms with Crippen LogP contribution in [0.5, 0.6) is 0 Å². The highest BCUT2D eigenvalue weighted by Gasteiger charge is 2.35. The third-order valence-corrected chi connectivity index (χ3v) is 3.97. The summed E-state index contributed by atoms with van der Waals surface area (Å²) < 4.78 is 28.6. The van der Waals surface area contributed by atoms with E-state index in [1.807, 2.05) is 0 Å². The number of rotatable bonds is 9. The Morgan fingerprint density at radius 1 is 1.10 bits per heavy atom. The second-order valence-corrected chi connectivity index (χ2v) is 6.29. The summed E-state index contributed by atoms with van der Waals surface area (Å²) in [7, 11) is -10.5. The summed E-state index contributed by atoms with van der Waals surface area (Å²) >= 11 is 0. The van der Waals surface area contributed by atoms with Gasteiger partial charge in [-0.2, -0.15) is 4.31 Å². The molecule has 0 aliphatic carbocycles. The molecule has 0 bridgehead atoms. The van der Waals surface area contributed by atoms with E-state index in [0.717, 1.165) is 0 Å². The van der Waals surface area contributed by atoms with Crippen molar-refractivity contribution in [1.29, 1.82) is 0 Å². The molecule has 0 aromatic carbocycles. The highest BCUT2D eigenvalue weighted by Crippen LogP contribution is 2.57. The summed E-state index contributed by atoms with van der Waals surface area (Å²) in [6, 6.07) is 0. The van der Waals surface area contributed by atoms with Crippen LogP contribution < -0.4 is 0 Å². The zero-order valence-corrected chi connectivity index (χ0v) is 11.5. The van der Waals surface area contributed by atoms with Gasteiger partial charge in [-0.3, -0.25) is 9.32 Å². The predicted molar refractivity (Wildman–Crippen MR) is 59.0 cm³/mol. The Morgan fingerprint density at radius 2 is 1.60 bits per heavy atom. The van der Waals surface area contributed by atoms with Crippen LogP contribution in [0.4, 0.5) is 0 Å². The average Bonchev–Trinajstić information content (AvgIpc) is 2.30. The molecular weight excluding hydrogens is 326 g/mol. The molecular formula is C6H14O12P2. The lowest BCUT2D eigenvalue weighted by Crippen LogP contribution is -2.45. The van der Waals surface area contributed by atoms with Crippen molar-refractivity contribution in [1.82, 2.24) is 0 Å². The van der Waals surface area contributed by atoms with Crippen molar-refractivity contribution in [2.75, 3.05) is 13.2 Å². The first-order valence-corrected chi connectivity index (χ1v) is 7.84. The monoisotopic (exact) mass is 340 g/mol. The van der Waals surface area contributed by atoms with E-state index in [0.29, 0.717) is 0 Å². The van der Waals surface area contributed by atoms with Crippen LogP contribution >= 0.6 is 15.6 Å². The van der Waals surface area contributed by atoms with Gasteiger partial charge in [0.05, 0.1) is 6.61 Å². The molecule has 0 heterocycles. The number of Topliss-reactive ketones (excluding diaryl/α,β-unsaturated/α-hetero) is 1. The fourth-order valence-corrected chi connectivity index (χ4v) is 2.53. The van der Waals surface area contributed by atoms with Gasteiger partial charge in [-0.15, -0.1) is 0 Å². The minimum absolute atomic E-state index is 1.12. The molecule has 0 fully saturated rings. The van der Waals surface area contributed by atoms with Crippen molar-refractivity contribution in [3.8, 4) is 0 Å². The van der Waals surface area contributed by atoms with Crippen molar-refractivity contribution in [3.63, 3.8) is 0 Å². The van der Waals surface area contributed by atoms with Gasteiger partial charge in [-0.25, -0.2) is 9.13 Å². The molecule has 14 heteroatoms. The number of aliphatic hydroxyl groups excluding tert-OH is 4. The van der Waals surface area contributed by atoms with Gasteiger partial charge in [0.1, 0.15) is 24.9 Å². The smallest absolute Gasteiger partial charge is 0.388 e. The Hall–Kier alpha value is -0.230. The lowest BCUT2D eigenvalue weighted by Gasteiger charge is -2.22. The standard InChI is InChI=1S/C6H14O12P2/c7-1-3(8)5(10)6(11)4(9)2-17-20(15,16)18-19(12,13)14/h4-7,9-11H,1-2H2,(H,15,16)(H2,12,13,14)/t4-,5-,6-/m1/s1. The van der Waals surface area contributed by atoms with Crippen LogP contribution in [-0.2, 0) is 22.8 Å². The summed E-state index contributed by atoms with van der Waals surface area (Å²) in [4.78, 5) is 36.2. The molecule has 0 rings (SSSR count). The molecule has 0 saturated heterocycles. The van der Waals surface area contributed by atoms with Gasteiger partial charge in [0.2, 0.25) is 0 Å². The molecule has 0 aromatic rings. The minimum atomic E-state index is -5.33. The molecule has 0 aliphatic heterocycles. The van der Waals surface area contributed by atoms with E-state index in [4.69, 9.17) is 24.9 Å². The first-order chi connectivity index (χ1) is 8.89. The number of hydrogen-bond donors (Lipinski definition) is 7. The van der Waals surface area contributed by atoms with E-state index in [9.17, 15) is 24.1 Å². The second kappa shape index (κ2) is 7.69. The molecule has 120 valence electrons. The Labute approximate surface area is 112 Å². The lowest BCUT2D eigenvalue weighted by molar-refractivity contribution is -0.142. The highest BCUT2D eigenvalue weighted by molar-refractivity contribution is 7.60. The lowest BCUT2D eigenvalue weighted by atomic mass is 10.1. The van der Waals surface area contributed by atoms with Crippen LogP contribution in [-0.4, -0.2) is 72.4 Å². The number of carbonyl (C=O) groups excluding carboxylic acids is 1. The van der Waals surface area contributed by atoms with Gasteiger partial charge < -0.3 is 35.1 Å². The molecule has 12 nitrogen and oxygen atoms in total. The number of hydrogen-bond acceptors (Lipinski definition) is 9. The van der Waals surface area contributed by atoms with E-state index in [-0.39, 0.29) is 0 Å². The molecule has 0 saturated carbocycles. The molecule has 0 aromatic heterocycles. The molecule has 4 atom stereocenters. The third kappa shape index (κ3) is 7.53. The maximum Gasteiger partial charge on any atom is 0.481 e. The van der Waals surface area contributed by atoms with Gasteiger partial charge in [0.15, 0.2) is 5.78 Å². The summed E-state index contributed by atoms with van der Waals surface area (Å²) in [5, 5.41) is 36.0. The minimum Gasteiger partial charge on any atom is -0.388 e. The van der Waals surface area contributed by atoms with Crippen LogP contribution in [0, 0.1) is 0 Å². The van der Waals surface area contributed by atoms with Crippen molar-refractivity contribution >= 4 is 21.4 Å². The number of phosphoric ester groups is 1. The molecule has 20 heavy (non-hydrogen) atoms. The molecule has 1 unspecified atom stereocenters. The number of ketones is 1. The van der Waals surface area contributed by atoms with E-state index < -0.39 is 53.0 Å². The van der Waals surface area contributed by atoms with Crippen LogP contribution in [0.1, 0.15) is 0 Å². The Morgan fingerprint density at radius 3 is 2.00 bits per heavy atom. The molecule has 0 amide bonds. The third-order valence-electron chi connectivity index (χ3n) is 1.82. The van der Waals surface area contributed by atoms with Crippen molar-refractivity contribution in [2.24, 2.45) is 0 Å². The molecule has 0 spiro atoms. The maximum absolute atomic E-state index is 11.0. The van der Waals surface area contributed by atoms with Crippen LogP contribution in [0.2, 0.25) is 0 Å². The second-order valence-electron chi connectivity index (χ2n) is 3.46. The quantitative estimate of drug-likeness (QED) is 0.207. The van der Waals surface area contributed by atoms with E-state index in [1.54, 1.807) is 0 Å². The SMILES string of the molecule is O=C(CO)[C@@H](O)[C@H](O)[C@H](O)COP(=O)(O)OP(=O)(O)O. The zero-order chi connectivity index (χ0) is 16.1. The molecule has 7 N–H and O–H groups in total. The maximum atomic E-state index is 11.0. The van der Waals surface area contributed by atoms with E-state index in [1.165, 1.54) is 0 Å². The largest absolute Gasteiger partial charge is 0.481 e. The topological polar surface area (TPSA) is 211 Å². The van der Waals surface area contributed by atoms with Gasteiger partial charge in [-0.1, -0.05) is 0 Å². The van der Waals surface area contributed by atoms with Crippen LogP contribution in [0.25, 0.3) is 0 Å². The van der Waals surface area contributed by atoms with E-state index >= 15 is 0 Å². The van der Waals surface area contributed by atoms with Gasteiger partial charge in [0, 0.05) is 0 Å². The fourth-order valence-electron chi connectivity index (χ4n) is 0.922. The van der Waals surface area contributed by atoms with Crippen molar-refractivity contribution in [3.05, 3.63) is 0 Å². The van der Waals surface area contributed by atoms with Gasteiger partial charge in [0.25, 0.3) is 0 Å². The van der Waals surface area contributed by atoms with Crippen LogP contribution in [0.3, 0.4) is 0 Å². The Balaban J connectivity index is 4.48. The van der Waals surface area contributed by atoms with Crippen LogP contribution in [0.15, 0.2) is 0 Å². The first kappa shape index (κ1) is 19.8. The summed E-state index contributed by atoms with van der Waals surface area (Å²) in [6.45, 7) is -2.31. The van der Waals surface area contributed by atoms with Crippen molar-refractivity contribution in [2.45, 2.75) is 18.3 Å². The summed E-state index contributed by atoms with van der Waals surface area (Å²) in [5.41, 5.74) is 0. The molecule has 0 radical (unpaired) electrons. The number of carbonyl (C=O) groups is 1.